The van der Waals surface area contributed by atoms with Crippen molar-refractivity contribution in [2.45, 2.75) is 206 Å². The lowest BCUT2D eigenvalue weighted by Crippen LogP contribution is -2.10. The number of rotatable bonds is 34. The first-order chi connectivity index (χ1) is 19.3. The largest absolute Gasteiger partial charge is 0.463 e. The molecule has 0 aromatic rings. The van der Waals surface area contributed by atoms with Crippen LogP contribution in [0.5, 0.6) is 0 Å². The van der Waals surface area contributed by atoms with E-state index in [1.54, 1.807) is 0 Å². The number of esters is 1. The molecule has 0 radical (unpaired) electrons. The van der Waals surface area contributed by atoms with E-state index in [1.807, 2.05) is 0 Å². The normalized spacial score (nSPS) is 11.3. The number of unbranched alkanes of at least 4 members (excludes halogenated alkanes) is 27. The van der Waals surface area contributed by atoms with Crippen LogP contribution in [-0.4, -0.2) is 25.8 Å². The van der Waals surface area contributed by atoms with Gasteiger partial charge in [0.2, 0.25) is 0 Å². The van der Waals surface area contributed by atoms with Crippen molar-refractivity contribution >= 4 is 5.97 Å². The molecule has 0 fully saturated rings. The smallest absolute Gasteiger partial charge is 0.305 e. The van der Waals surface area contributed by atoms with Gasteiger partial charge in [-0.1, -0.05) is 187 Å². The Labute approximate surface area is 246 Å². The maximum absolute atomic E-state index is 11.9. The van der Waals surface area contributed by atoms with Crippen LogP contribution in [-0.2, 0) is 14.3 Å². The van der Waals surface area contributed by atoms with Gasteiger partial charge in [0.05, 0.1) is 6.61 Å². The summed E-state index contributed by atoms with van der Waals surface area (Å²) in [6.45, 7) is 6.33. The van der Waals surface area contributed by atoms with Crippen molar-refractivity contribution in [3.63, 3.8) is 0 Å². The van der Waals surface area contributed by atoms with Gasteiger partial charge >= 0.3 is 5.97 Å². The zero-order valence-corrected chi connectivity index (χ0v) is 27.1. The van der Waals surface area contributed by atoms with Crippen LogP contribution in [0.4, 0.5) is 0 Å². The molecule has 0 bridgehead atoms. The van der Waals surface area contributed by atoms with Crippen LogP contribution in [0.15, 0.2) is 0 Å². The predicted octanol–water partition coefficient (Wildman–Crippen LogP) is 12.3. The van der Waals surface area contributed by atoms with Gasteiger partial charge in [-0.05, 0) is 12.8 Å². The maximum atomic E-state index is 11.9. The SMILES string of the molecule is CCCCCCCCCCCCCCCCCCCC(=O)OCCOCCCCCCCCCCCCCC. The van der Waals surface area contributed by atoms with Crippen LogP contribution in [0.1, 0.15) is 206 Å². The Morgan fingerprint density at radius 2 is 0.667 bits per heavy atom. The van der Waals surface area contributed by atoms with E-state index in [4.69, 9.17) is 9.47 Å². The van der Waals surface area contributed by atoms with Gasteiger partial charge in [-0.25, -0.2) is 0 Å². The third-order valence-electron chi connectivity index (χ3n) is 8.12. The van der Waals surface area contributed by atoms with E-state index in [0.717, 1.165) is 25.9 Å². The quantitative estimate of drug-likeness (QED) is 0.0588. The molecule has 0 spiro atoms. The van der Waals surface area contributed by atoms with E-state index in [9.17, 15) is 4.79 Å². The van der Waals surface area contributed by atoms with Crippen LogP contribution in [0.2, 0.25) is 0 Å². The van der Waals surface area contributed by atoms with Crippen molar-refractivity contribution < 1.29 is 14.3 Å². The summed E-state index contributed by atoms with van der Waals surface area (Å²) >= 11 is 0. The molecule has 0 saturated heterocycles. The molecule has 0 rings (SSSR count). The van der Waals surface area contributed by atoms with Crippen LogP contribution >= 0.6 is 0 Å². The highest BCUT2D eigenvalue weighted by Gasteiger charge is 2.03. The van der Waals surface area contributed by atoms with Gasteiger partial charge in [0.25, 0.3) is 0 Å². The molecule has 0 saturated carbocycles. The zero-order valence-electron chi connectivity index (χ0n) is 27.1. The monoisotopic (exact) mass is 553 g/mol. The molecule has 0 aliphatic carbocycles. The molecule has 0 aliphatic rings. The molecule has 39 heavy (non-hydrogen) atoms. The van der Waals surface area contributed by atoms with Gasteiger partial charge < -0.3 is 9.47 Å². The van der Waals surface area contributed by atoms with Gasteiger partial charge in [0.15, 0.2) is 0 Å². The highest BCUT2D eigenvalue weighted by molar-refractivity contribution is 5.69. The minimum atomic E-state index is -0.0510. The second-order valence-electron chi connectivity index (χ2n) is 12.1. The third-order valence-corrected chi connectivity index (χ3v) is 8.12. The fraction of sp³-hybridized carbons (Fsp3) is 0.972. The lowest BCUT2D eigenvalue weighted by molar-refractivity contribution is -0.145. The molecule has 0 heterocycles. The Balaban J connectivity index is 3.14. The highest BCUT2D eigenvalue weighted by atomic mass is 16.6. The second-order valence-corrected chi connectivity index (χ2v) is 12.1. The zero-order chi connectivity index (χ0) is 28.3. The van der Waals surface area contributed by atoms with Crippen molar-refractivity contribution in [2.24, 2.45) is 0 Å². The first-order valence-corrected chi connectivity index (χ1v) is 18.0. The van der Waals surface area contributed by atoms with Crippen LogP contribution in [0, 0.1) is 0 Å². The third kappa shape index (κ3) is 35.4. The molecular weight excluding hydrogens is 480 g/mol. The van der Waals surface area contributed by atoms with E-state index >= 15 is 0 Å². The summed E-state index contributed by atoms with van der Waals surface area (Å²) in [4.78, 5) is 11.9. The second kappa shape index (κ2) is 35.5. The molecule has 0 aliphatic heterocycles. The minimum absolute atomic E-state index is 0.0510. The summed E-state index contributed by atoms with van der Waals surface area (Å²) < 4.78 is 11.0. The molecule has 0 unspecified atom stereocenters. The number of hydrogen-bond donors (Lipinski definition) is 0. The van der Waals surface area contributed by atoms with Crippen LogP contribution in [0.25, 0.3) is 0 Å². The summed E-state index contributed by atoms with van der Waals surface area (Å²) in [5, 5.41) is 0. The van der Waals surface area contributed by atoms with Gasteiger partial charge in [-0.3, -0.25) is 4.79 Å². The molecule has 0 N–H and O–H groups in total. The molecule has 0 aromatic heterocycles. The van der Waals surface area contributed by atoms with E-state index in [2.05, 4.69) is 13.8 Å². The van der Waals surface area contributed by atoms with Gasteiger partial charge in [0, 0.05) is 13.0 Å². The topological polar surface area (TPSA) is 35.5 Å². The first-order valence-electron chi connectivity index (χ1n) is 18.0. The average Bonchev–Trinajstić information content (AvgIpc) is 2.94. The molecule has 3 nitrogen and oxygen atoms in total. The summed E-state index contributed by atoms with van der Waals surface area (Å²) in [5.41, 5.74) is 0. The fourth-order valence-corrected chi connectivity index (χ4v) is 5.43. The summed E-state index contributed by atoms with van der Waals surface area (Å²) in [7, 11) is 0. The van der Waals surface area contributed by atoms with Crippen molar-refractivity contribution in [3.8, 4) is 0 Å². The van der Waals surface area contributed by atoms with Gasteiger partial charge in [-0.2, -0.15) is 0 Å². The number of ether oxygens (including phenoxy) is 2. The van der Waals surface area contributed by atoms with Crippen LogP contribution < -0.4 is 0 Å². The standard InChI is InChI=1S/C36H72O3/c1-3-5-7-9-11-13-15-17-18-19-20-21-22-24-26-28-30-32-36(37)39-35-34-38-33-31-29-27-25-23-16-14-12-10-8-6-4-2/h3-35H2,1-2H3. The Kier molecular flexibility index (Phi) is 34.9. The Hall–Kier alpha value is -0.570. The Morgan fingerprint density at radius 3 is 1.03 bits per heavy atom. The van der Waals surface area contributed by atoms with Crippen molar-refractivity contribution in [2.75, 3.05) is 19.8 Å². The first kappa shape index (κ1) is 38.4. The Morgan fingerprint density at radius 1 is 0.359 bits per heavy atom. The number of carbonyl (C=O) groups is 1. The van der Waals surface area contributed by atoms with Gasteiger partial charge in [0.1, 0.15) is 6.61 Å². The van der Waals surface area contributed by atoms with Crippen molar-refractivity contribution in [1.29, 1.82) is 0 Å². The summed E-state index contributed by atoms with van der Waals surface area (Å²) in [6.07, 6.45) is 40.1. The minimum Gasteiger partial charge on any atom is -0.463 e. The van der Waals surface area contributed by atoms with E-state index < -0.39 is 0 Å². The Bertz CT molecular complexity index is 451. The lowest BCUT2D eigenvalue weighted by Gasteiger charge is -2.07. The molecule has 0 aromatic carbocycles. The number of carbonyl (C=O) groups excluding carboxylic acids is 1. The molecule has 0 atom stereocenters. The number of hydrogen-bond acceptors (Lipinski definition) is 3. The van der Waals surface area contributed by atoms with E-state index in [0.29, 0.717) is 19.6 Å². The maximum Gasteiger partial charge on any atom is 0.305 e. The molecule has 234 valence electrons. The fourth-order valence-electron chi connectivity index (χ4n) is 5.43. The highest BCUT2D eigenvalue weighted by Crippen LogP contribution is 2.15. The van der Waals surface area contributed by atoms with E-state index in [1.165, 1.54) is 167 Å². The molecule has 0 amide bonds. The molecular formula is C36H72O3. The summed E-state index contributed by atoms with van der Waals surface area (Å²) in [6, 6.07) is 0. The van der Waals surface area contributed by atoms with Crippen molar-refractivity contribution in [1.82, 2.24) is 0 Å². The average molecular weight is 553 g/mol. The molecule has 3 heteroatoms. The van der Waals surface area contributed by atoms with Crippen LogP contribution in [0.3, 0.4) is 0 Å². The predicted molar refractivity (Wildman–Crippen MR) is 172 cm³/mol. The van der Waals surface area contributed by atoms with E-state index in [-0.39, 0.29) is 5.97 Å². The summed E-state index contributed by atoms with van der Waals surface area (Å²) in [5.74, 6) is -0.0510. The van der Waals surface area contributed by atoms with Gasteiger partial charge in [-0.15, -0.1) is 0 Å². The lowest BCUT2D eigenvalue weighted by atomic mass is 10.0. The van der Waals surface area contributed by atoms with Crippen molar-refractivity contribution in [3.05, 3.63) is 0 Å².